The molecule has 0 saturated carbocycles. The summed E-state index contributed by atoms with van der Waals surface area (Å²) in [6.45, 7) is 2.05. The lowest BCUT2D eigenvalue weighted by Gasteiger charge is -2.10. The van der Waals surface area contributed by atoms with E-state index in [0.29, 0.717) is 0 Å². The third-order valence-corrected chi connectivity index (χ3v) is 6.57. The van der Waals surface area contributed by atoms with E-state index in [0.717, 1.165) is 19.4 Å². The molecule has 0 fully saturated rings. The molecule has 1 atom stereocenters. The molecule has 5 heteroatoms. The summed E-state index contributed by atoms with van der Waals surface area (Å²) in [5.41, 5.74) is 0.902. The molecular weight excluding hydrogens is 435 g/mol. The number of hydrogen-bond donors (Lipinski definition) is 0. The lowest BCUT2D eigenvalue weighted by Crippen LogP contribution is -1.92. The molecule has 0 bridgehead atoms. The molecule has 0 amide bonds. The molecular formula is C12H8Br3FS. The average molecular weight is 443 g/mol. The van der Waals surface area contributed by atoms with Crippen molar-refractivity contribution in [1.82, 2.24) is 0 Å². The molecule has 0 radical (unpaired) electrons. The van der Waals surface area contributed by atoms with Crippen LogP contribution >= 0.6 is 59.1 Å². The minimum atomic E-state index is -0.222. The van der Waals surface area contributed by atoms with E-state index >= 15 is 0 Å². The molecule has 0 spiro atoms. The molecule has 0 nitrogen and oxygen atoms in total. The summed E-state index contributed by atoms with van der Waals surface area (Å²) in [5.74, 6) is -0.222. The van der Waals surface area contributed by atoms with Crippen molar-refractivity contribution in [3.63, 3.8) is 0 Å². The van der Waals surface area contributed by atoms with E-state index in [2.05, 4.69) is 60.8 Å². The van der Waals surface area contributed by atoms with Crippen molar-refractivity contribution in [3.8, 4) is 0 Å². The Morgan fingerprint density at radius 1 is 1.18 bits per heavy atom. The van der Waals surface area contributed by atoms with Crippen LogP contribution in [0.2, 0.25) is 0 Å². The SMILES string of the molecule is Cc1sc(C(Br)c2cc(F)ccc2Br)cc1Br. The highest BCUT2D eigenvalue weighted by atomic mass is 79.9. The third-order valence-electron chi connectivity index (χ3n) is 2.36. The first-order valence-electron chi connectivity index (χ1n) is 4.84. The molecule has 0 aliphatic carbocycles. The van der Waals surface area contributed by atoms with Crippen molar-refractivity contribution in [2.45, 2.75) is 11.8 Å². The van der Waals surface area contributed by atoms with Crippen LogP contribution in [0.15, 0.2) is 33.2 Å². The van der Waals surface area contributed by atoms with Crippen LogP contribution in [0.25, 0.3) is 0 Å². The quantitative estimate of drug-likeness (QED) is 0.485. The Labute approximate surface area is 129 Å². The molecule has 1 unspecified atom stereocenters. The number of aryl methyl sites for hydroxylation is 1. The average Bonchev–Trinajstić information content (AvgIpc) is 2.62. The van der Waals surface area contributed by atoms with Crippen LogP contribution in [-0.2, 0) is 0 Å². The Kier molecular flexibility index (Phi) is 4.45. The highest BCUT2D eigenvalue weighted by Crippen LogP contribution is 2.41. The largest absolute Gasteiger partial charge is 0.207 e. The fraction of sp³-hybridized carbons (Fsp3) is 0.167. The van der Waals surface area contributed by atoms with E-state index in [1.807, 2.05) is 0 Å². The van der Waals surface area contributed by atoms with Gasteiger partial charge in [0.15, 0.2) is 0 Å². The van der Waals surface area contributed by atoms with E-state index < -0.39 is 0 Å². The Morgan fingerprint density at radius 2 is 1.88 bits per heavy atom. The Morgan fingerprint density at radius 3 is 2.47 bits per heavy atom. The van der Waals surface area contributed by atoms with Gasteiger partial charge in [-0.05, 0) is 52.7 Å². The molecule has 1 aromatic carbocycles. The summed E-state index contributed by atoms with van der Waals surface area (Å²) in [4.78, 5) is 2.38. The third kappa shape index (κ3) is 3.00. The zero-order valence-corrected chi connectivity index (χ0v) is 14.4. The number of rotatable bonds is 2. The monoisotopic (exact) mass is 440 g/mol. The van der Waals surface area contributed by atoms with Crippen molar-refractivity contribution in [2.24, 2.45) is 0 Å². The molecule has 0 aliphatic heterocycles. The molecule has 2 aromatic rings. The van der Waals surface area contributed by atoms with Gasteiger partial charge < -0.3 is 0 Å². The Bertz CT molecular complexity index is 531. The van der Waals surface area contributed by atoms with E-state index in [1.54, 1.807) is 23.5 Å². The fourth-order valence-corrected chi connectivity index (χ4v) is 4.60. The van der Waals surface area contributed by atoms with Crippen LogP contribution in [0.3, 0.4) is 0 Å². The minimum absolute atomic E-state index is 0.00238. The Hall–Kier alpha value is 0.290. The first-order chi connectivity index (χ1) is 7.99. The number of hydrogen-bond acceptors (Lipinski definition) is 1. The van der Waals surface area contributed by atoms with Crippen molar-refractivity contribution in [2.75, 3.05) is 0 Å². The summed E-state index contributed by atoms with van der Waals surface area (Å²) < 4.78 is 15.3. The lowest BCUT2D eigenvalue weighted by atomic mass is 10.1. The standard InChI is InChI=1S/C12H8Br3FS/c1-6-10(14)5-11(17-6)12(15)8-4-7(16)2-3-9(8)13/h2-5,12H,1H3. The molecule has 1 aromatic heterocycles. The van der Waals surface area contributed by atoms with Crippen molar-refractivity contribution < 1.29 is 4.39 Å². The van der Waals surface area contributed by atoms with Gasteiger partial charge in [0, 0.05) is 18.7 Å². The second-order valence-electron chi connectivity index (χ2n) is 3.58. The predicted molar refractivity (Wildman–Crippen MR) is 81.6 cm³/mol. The summed E-state index contributed by atoms with van der Waals surface area (Å²) in [7, 11) is 0. The highest BCUT2D eigenvalue weighted by Gasteiger charge is 2.17. The van der Waals surface area contributed by atoms with E-state index in [-0.39, 0.29) is 10.6 Å². The number of halogens is 4. The zero-order chi connectivity index (χ0) is 12.6. The number of benzene rings is 1. The number of alkyl halides is 1. The zero-order valence-electron chi connectivity index (χ0n) is 8.81. The van der Waals surface area contributed by atoms with E-state index in [4.69, 9.17) is 0 Å². The van der Waals surface area contributed by atoms with Gasteiger partial charge in [-0.25, -0.2) is 4.39 Å². The van der Waals surface area contributed by atoms with Crippen molar-refractivity contribution >= 4 is 59.1 Å². The number of thiophene rings is 1. The molecule has 2 rings (SSSR count). The van der Waals surface area contributed by atoms with Gasteiger partial charge >= 0.3 is 0 Å². The maximum atomic E-state index is 13.3. The van der Waals surface area contributed by atoms with Crippen molar-refractivity contribution in [1.29, 1.82) is 0 Å². The van der Waals surface area contributed by atoms with E-state index in [9.17, 15) is 4.39 Å². The van der Waals surface area contributed by atoms with Gasteiger partial charge in [-0.15, -0.1) is 11.3 Å². The topological polar surface area (TPSA) is 0 Å². The van der Waals surface area contributed by atoms with Gasteiger partial charge in [0.1, 0.15) is 5.82 Å². The Balaban J connectivity index is 2.42. The summed E-state index contributed by atoms with van der Waals surface area (Å²) in [5, 5.41) is 0. The van der Waals surface area contributed by atoms with Gasteiger partial charge in [0.25, 0.3) is 0 Å². The summed E-state index contributed by atoms with van der Waals surface area (Å²) in [6.07, 6.45) is 0. The van der Waals surface area contributed by atoms with Crippen LogP contribution in [0.4, 0.5) is 4.39 Å². The maximum absolute atomic E-state index is 13.3. The van der Waals surface area contributed by atoms with Gasteiger partial charge in [-0.3, -0.25) is 0 Å². The highest BCUT2D eigenvalue weighted by molar-refractivity contribution is 9.11. The van der Waals surface area contributed by atoms with Gasteiger partial charge in [-0.2, -0.15) is 0 Å². The lowest BCUT2D eigenvalue weighted by molar-refractivity contribution is 0.625. The molecule has 90 valence electrons. The van der Waals surface area contributed by atoms with Crippen LogP contribution in [0, 0.1) is 12.7 Å². The smallest absolute Gasteiger partial charge is 0.123 e. The first kappa shape index (κ1) is 13.7. The molecule has 1 heterocycles. The van der Waals surface area contributed by atoms with Gasteiger partial charge in [-0.1, -0.05) is 31.9 Å². The normalized spacial score (nSPS) is 12.8. The minimum Gasteiger partial charge on any atom is -0.207 e. The summed E-state index contributed by atoms with van der Waals surface area (Å²) >= 11 is 12.3. The van der Waals surface area contributed by atoms with Gasteiger partial charge in [0.2, 0.25) is 0 Å². The maximum Gasteiger partial charge on any atom is 0.123 e. The van der Waals surface area contributed by atoms with Crippen LogP contribution in [0.5, 0.6) is 0 Å². The van der Waals surface area contributed by atoms with Gasteiger partial charge in [0.05, 0.1) is 4.83 Å². The molecule has 0 N–H and O–H groups in total. The van der Waals surface area contributed by atoms with Crippen LogP contribution in [-0.4, -0.2) is 0 Å². The second kappa shape index (κ2) is 5.51. The molecule has 0 saturated heterocycles. The van der Waals surface area contributed by atoms with E-state index in [1.165, 1.54) is 10.9 Å². The summed E-state index contributed by atoms with van der Waals surface area (Å²) in [6, 6.07) is 6.79. The molecule has 0 aliphatic rings. The van der Waals surface area contributed by atoms with Crippen molar-refractivity contribution in [3.05, 3.63) is 54.3 Å². The molecule has 17 heavy (non-hydrogen) atoms. The second-order valence-corrected chi connectivity index (χ2v) is 7.49. The first-order valence-corrected chi connectivity index (χ1v) is 8.15. The fourth-order valence-electron chi connectivity index (χ4n) is 1.47. The predicted octanol–water partition coefficient (Wildman–Crippen LogP) is 6.20. The van der Waals surface area contributed by atoms with Crippen LogP contribution in [0.1, 0.15) is 20.1 Å². The van der Waals surface area contributed by atoms with Crippen LogP contribution < -0.4 is 0 Å².